The molecule has 1 aliphatic carbocycles. The van der Waals surface area contributed by atoms with E-state index >= 15 is 0 Å². The number of aliphatic hydroxyl groups excluding tert-OH is 2. The van der Waals surface area contributed by atoms with Gasteiger partial charge in [-0.1, -0.05) is 6.07 Å². The van der Waals surface area contributed by atoms with Gasteiger partial charge in [-0.05, 0) is 80.6 Å². The SMILES string of the molecule is O=C1c2ccc(C3CC4(CCNCC4)C3)cc2C(=O)N1C1CCC(O)NC1O. The number of nitrogens with one attached hydrogen (secondary N) is 2. The predicted molar refractivity (Wildman–Crippen MR) is 102 cm³/mol. The predicted octanol–water partition coefficient (Wildman–Crippen LogP) is 0.919. The van der Waals surface area contributed by atoms with Crippen molar-refractivity contribution in [1.82, 2.24) is 15.5 Å². The van der Waals surface area contributed by atoms with Gasteiger partial charge >= 0.3 is 0 Å². The van der Waals surface area contributed by atoms with E-state index in [9.17, 15) is 19.8 Å². The third-order valence-electron chi connectivity index (χ3n) is 7.23. The molecule has 4 aliphatic rings. The van der Waals surface area contributed by atoms with Gasteiger partial charge in [-0.2, -0.15) is 0 Å². The van der Waals surface area contributed by atoms with E-state index in [2.05, 4.69) is 10.6 Å². The number of amides is 2. The average Bonchev–Trinajstić information content (AvgIpc) is 2.91. The number of aliphatic hydroxyl groups is 2. The van der Waals surface area contributed by atoms with Crippen molar-refractivity contribution in [3.8, 4) is 0 Å². The fourth-order valence-electron chi connectivity index (χ4n) is 5.57. The van der Waals surface area contributed by atoms with Gasteiger partial charge in [0.2, 0.25) is 0 Å². The number of piperidine rings is 2. The first-order chi connectivity index (χ1) is 13.5. The number of hydrogen-bond acceptors (Lipinski definition) is 6. The van der Waals surface area contributed by atoms with Gasteiger partial charge in [-0.25, -0.2) is 0 Å². The van der Waals surface area contributed by atoms with E-state index in [0.29, 0.717) is 35.3 Å². The molecule has 3 fully saturated rings. The molecule has 0 radical (unpaired) electrons. The van der Waals surface area contributed by atoms with Crippen LogP contribution in [0.4, 0.5) is 0 Å². The maximum atomic E-state index is 13.0. The van der Waals surface area contributed by atoms with Crippen LogP contribution in [0.5, 0.6) is 0 Å². The zero-order valence-electron chi connectivity index (χ0n) is 15.9. The van der Waals surface area contributed by atoms with Crippen LogP contribution in [0.3, 0.4) is 0 Å². The Balaban J connectivity index is 1.35. The van der Waals surface area contributed by atoms with Gasteiger partial charge in [-0.15, -0.1) is 0 Å². The number of imide groups is 1. The normalized spacial score (nSPS) is 32.5. The van der Waals surface area contributed by atoms with Crippen LogP contribution < -0.4 is 10.6 Å². The lowest BCUT2D eigenvalue weighted by Crippen LogP contribution is -2.58. The van der Waals surface area contributed by atoms with E-state index in [0.717, 1.165) is 31.5 Å². The number of rotatable bonds is 2. The Labute approximate surface area is 164 Å². The Morgan fingerprint density at radius 2 is 1.71 bits per heavy atom. The highest BCUT2D eigenvalue weighted by Crippen LogP contribution is 2.56. The van der Waals surface area contributed by atoms with Gasteiger partial charge in [-0.3, -0.25) is 19.8 Å². The maximum Gasteiger partial charge on any atom is 0.261 e. The van der Waals surface area contributed by atoms with Crippen molar-refractivity contribution in [2.24, 2.45) is 5.41 Å². The fraction of sp³-hybridized carbons (Fsp3) is 0.619. The van der Waals surface area contributed by atoms with Gasteiger partial charge in [0.25, 0.3) is 11.8 Å². The van der Waals surface area contributed by atoms with Crippen LogP contribution in [-0.4, -0.2) is 58.5 Å². The lowest BCUT2D eigenvalue weighted by Gasteiger charge is -2.50. The fourth-order valence-corrected chi connectivity index (χ4v) is 5.57. The van der Waals surface area contributed by atoms with Gasteiger partial charge in [0.15, 0.2) is 0 Å². The molecule has 3 unspecified atom stereocenters. The number of carbonyl (C=O) groups is 2. The highest BCUT2D eigenvalue weighted by molar-refractivity contribution is 6.21. The molecule has 1 aromatic rings. The maximum absolute atomic E-state index is 13.0. The Morgan fingerprint density at radius 1 is 1.00 bits per heavy atom. The van der Waals surface area contributed by atoms with Gasteiger partial charge < -0.3 is 15.5 Å². The van der Waals surface area contributed by atoms with Crippen LogP contribution in [-0.2, 0) is 0 Å². The van der Waals surface area contributed by atoms with Crippen molar-refractivity contribution in [2.75, 3.05) is 13.1 Å². The molecule has 7 heteroatoms. The van der Waals surface area contributed by atoms with E-state index in [1.807, 2.05) is 12.1 Å². The molecule has 7 nitrogen and oxygen atoms in total. The minimum atomic E-state index is -1.11. The number of carbonyl (C=O) groups excluding carboxylic acids is 2. The summed E-state index contributed by atoms with van der Waals surface area (Å²) >= 11 is 0. The van der Waals surface area contributed by atoms with Crippen molar-refractivity contribution >= 4 is 11.8 Å². The van der Waals surface area contributed by atoms with E-state index in [1.165, 1.54) is 17.7 Å². The minimum absolute atomic E-state index is 0.333. The third kappa shape index (κ3) is 2.80. The molecule has 2 saturated heterocycles. The Hall–Kier alpha value is -1.80. The summed E-state index contributed by atoms with van der Waals surface area (Å²) in [5.74, 6) is -0.227. The van der Waals surface area contributed by atoms with E-state index in [-0.39, 0.29) is 11.8 Å². The molecule has 1 saturated carbocycles. The zero-order valence-corrected chi connectivity index (χ0v) is 15.9. The molecule has 3 heterocycles. The van der Waals surface area contributed by atoms with E-state index in [1.54, 1.807) is 6.07 Å². The lowest BCUT2D eigenvalue weighted by atomic mass is 9.56. The van der Waals surface area contributed by atoms with Gasteiger partial charge in [0, 0.05) is 0 Å². The van der Waals surface area contributed by atoms with Crippen LogP contribution in [0.15, 0.2) is 18.2 Å². The topological polar surface area (TPSA) is 102 Å². The summed E-state index contributed by atoms with van der Waals surface area (Å²) in [7, 11) is 0. The summed E-state index contributed by atoms with van der Waals surface area (Å²) < 4.78 is 0. The second-order valence-corrected chi connectivity index (χ2v) is 8.91. The van der Waals surface area contributed by atoms with Crippen LogP contribution in [0.2, 0.25) is 0 Å². The van der Waals surface area contributed by atoms with Crippen LogP contribution >= 0.6 is 0 Å². The molecule has 150 valence electrons. The summed E-state index contributed by atoms with van der Waals surface area (Å²) in [4.78, 5) is 27.0. The summed E-state index contributed by atoms with van der Waals surface area (Å²) in [6.07, 6.45) is 3.60. The number of benzene rings is 1. The molecule has 0 aromatic heterocycles. The summed E-state index contributed by atoms with van der Waals surface area (Å²) in [5.41, 5.74) is 2.47. The van der Waals surface area contributed by atoms with Crippen molar-refractivity contribution < 1.29 is 19.8 Å². The first-order valence-corrected chi connectivity index (χ1v) is 10.3. The minimum Gasteiger partial charge on any atom is -0.379 e. The smallest absolute Gasteiger partial charge is 0.261 e. The number of nitrogens with zero attached hydrogens (tertiary/aromatic N) is 1. The van der Waals surface area contributed by atoms with Crippen LogP contribution in [0.1, 0.15) is 70.7 Å². The van der Waals surface area contributed by atoms with Gasteiger partial charge in [0.05, 0.1) is 17.2 Å². The summed E-state index contributed by atoms with van der Waals surface area (Å²) in [5, 5.41) is 25.9. The quantitative estimate of drug-likeness (QED) is 0.565. The van der Waals surface area contributed by atoms with Crippen molar-refractivity contribution in [1.29, 1.82) is 0 Å². The lowest BCUT2D eigenvalue weighted by molar-refractivity contribution is -0.0413. The Bertz CT molecular complexity index is 812. The molecule has 28 heavy (non-hydrogen) atoms. The highest BCUT2D eigenvalue weighted by atomic mass is 16.3. The molecule has 3 atom stereocenters. The van der Waals surface area contributed by atoms with Crippen molar-refractivity contribution in [3.05, 3.63) is 34.9 Å². The molecular weight excluding hydrogens is 358 g/mol. The van der Waals surface area contributed by atoms with Crippen LogP contribution in [0, 0.1) is 5.41 Å². The second-order valence-electron chi connectivity index (χ2n) is 8.91. The molecule has 0 bridgehead atoms. The molecular formula is C21H27N3O4. The van der Waals surface area contributed by atoms with E-state index < -0.39 is 18.5 Å². The van der Waals surface area contributed by atoms with E-state index in [4.69, 9.17) is 0 Å². The summed E-state index contributed by atoms with van der Waals surface area (Å²) in [6.45, 7) is 2.18. The molecule has 3 aliphatic heterocycles. The van der Waals surface area contributed by atoms with Crippen LogP contribution in [0.25, 0.3) is 0 Å². The molecule has 1 aromatic carbocycles. The second kappa shape index (κ2) is 6.62. The zero-order chi connectivity index (χ0) is 19.5. The Morgan fingerprint density at radius 3 is 2.43 bits per heavy atom. The first kappa shape index (κ1) is 18.2. The average molecular weight is 385 g/mol. The highest BCUT2D eigenvalue weighted by Gasteiger charge is 2.47. The molecule has 4 N–H and O–H groups in total. The molecule has 5 rings (SSSR count). The largest absolute Gasteiger partial charge is 0.379 e. The number of fused-ring (bicyclic) bond motifs is 1. The Kier molecular flexibility index (Phi) is 4.32. The first-order valence-electron chi connectivity index (χ1n) is 10.3. The van der Waals surface area contributed by atoms with Gasteiger partial charge in [0.1, 0.15) is 12.5 Å². The molecule has 1 spiro atoms. The molecule has 2 amide bonds. The number of hydrogen-bond donors (Lipinski definition) is 4. The summed E-state index contributed by atoms with van der Waals surface area (Å²) in [6, 6.07) is 5.01. The third-order valence-corrected chi connectivity index (χ3v) is 7.23. The monoisotopic (exact) mass is 385 g/mol. The standard InChI is InChI=1S/C21H27N3O4/c25-17-4-3-16(18(26)23-17)24-19(27)14-2-1-12(9-15(14)20(24)28)13-10-21(11-13)5-7-22-8-6-21/h1-2,9,13,16-18,22-23,25-26H,3-8,10-11H2. The van der Waals surface area contributed by atoms with Crippen molar-refractivity contribution in [2.45, 2.75) is 62.9 Å². The van der Waals surface area contributed by atoms with Crippen molar-refractivity contribution in [3.63, 3.8) is 0 Å².